The van der Waals surface area contributed by atoms with Gasteiger partial charge >= 0.3 is 0 Å². The minimum Gasteiger partial charge on any atom is -0.456 e. The van der Waals surface area contributed by atoms with Gasteiger partial charge in [0.25, 0.3) is 11.8 Å². The maximum absolute atomic E-state index is 12.6. The molecule has 3 aromatic rings. The highest BCUT2D eigenvalue weighted by atomic mass is 32.1. The molecule has 0 aliphatic carbocycles. The van der Waals surface area contributed by atoms with E-state index in [0.29, 0.717) is 0 Å². The van der Waals surface area contributed by atoms with Crippen LogP contribution in [0.1, 0.15) is 5.56 Å². The summed E-state index contributed by atoms with van der Waals surface area (Å²) in [6, 6.07) is 13.3. The van der Waals surface area contributed by atoms with E-state index in [-0.39, 0.29) is 17.2 Å². The Morgan fingerprint density at radius 1 is 1.12 bits per heavy atom. The molecule has 6 heteroatoms. The summed E-state index contributed by atoms with van der Waals surface area (Å²) in [7, 11) is 0. The Labute approximate surface area is 154 Å². The van der Waals surface area contributed by atoms with Crippen molar-refractivity contribution in [2.75, 3.05) is 6.54 Å². The van der Waals surface area contributed by atoms with Gasteiger partial charge in [-0.1, -0.05) is 30.3 Å². The van der Waals surface area contributed by atoms with Crippen molar-refractivity contribution < 1.29 is 14.0 Å². The first kappa shape index (κ1) is 16.2. The molecule has 0 saturated carbocycles. The molecule has 0 bridgehead atoms. The van der Waals surface area contributed by atoms with E-state index in [4.69, 9.17) is 16.6 Å². The third-order valence-corrected chi connectivity index (χ3v) is 4.53. The van der Waals surface area contributed by atoms with Crippen LogP contribution in [-0.4, -0.2) is 28.4 Å². The van der Waals surface area contributed by atoms with Crippen molar-refractivity contribution in [3.63, 3.8) is 0 Å². The molecule has 0 radical (unpaired) electrons. The quantitative estimate of drug-likeness (QED) is 0.336. The molecule has 2 heterocycles. The van der Waals surface area contributed by atoms with Gasteiger partial charge in [-0.15, -0.1) is 6.58 Å². The van der Waals surface area contributed by atoms with Gasteiger partial charge in [0.05, 0.1) is 0 Å². The molecule has 2 aromatic carbocycles. The summed E-state index contributed by atoms with van der Waals surface area (Å²) in [6.07, 6.45) is 3.12. The first-order valence-electron chi connectivity index (χ1n) is 7.99. The average Bonchev–Trinajstić information content (AvgIpc) is 3.00. The second-order valence-electron chi connectivity index (χ2n) is 5.88. The van der Waals surface area contributed by atoms with E-state index < -0.39 is 11.8 Å². The number of carbonyl (C=O) groups excluding carboxylic acids is 2. The van der Waals surface area contributed by atoms with Gasteiger partial charge in [0, 0.05) is 17.3 Å². The number of benzene rings is 2. The molecule has 4 rings (SSSR count). The number of para-hydroxylation sites is 1. The smallest absolute Gasteiger partial charge is 0.265 e. The molecule has 1 fully saturated rings. The van der Waals surface area contributed by atoms with Gasteiger partial charge in [0.1, 0.15) is 16.7 Å². The van der Waals surface area contributed by atoms with Crippen LogP contribution in [0.5, 0.6) is 0 Å². The number of nitrogens with one attached hydrogen (secondary N) is 1. The van der Waals surface area contributed by atoms with Crippen molar-refractivity contribution in [2.24, 2.45) is 0 Å². The molecule has 1 aliphatic heterocycles. The maximum atomic E-state index is 12.6. The highest BCUT2D eigenvalue weighted by Crippen LogP contribution is 2.29. The number of fused-ring (bicyclic) bond motifs is 3. The van der Waals surface area contributed by atoms with Gasteiger partial charge < -0.3 is 4.42 Å². The summed E-state index contributed by atoms with van der Waals surface area (Å²) in [5, 5.41) is 4.54. The van der Waals surface area contributed by atoms with Crippen molar-refractivity contribution in [3.05, 3.63) is 66.3 Å². The van der Waals surface area contributed by atoms with Crippen LogP contribution in [0.15, 0.2) is 65.1 Å². The number of hydrogen-bond donors (Lipinski definition) is 1. The summed E-state index contributed by atoms with van der Waals surface area (Å²) in [5.41, 5.74) is 2.31. The second kappa shape index (κ2) is 6.24. The summed E-state index contributed by atoms with van der Waals surface area (Å²) < 4.78 is 5.80. The number of rotatable bonds is 3. The van der Waals surface area contributed by atoms with Gasteiger partial charge in [0.2, 0.25) is 0 Å². The summed E-state index contributed by atoms with van der Waals surface area (Å²) >= 11 is 5.05. The third kappa shape index (κ3) is 2.60. The fourth-order valence-electron chi connectivity index (χ4n) is 2.99. The molecule has 128 valence electrons. The van der Waals surface area contributed by atoms with Crippen LogP contribution in [0.2, 0.25) is 0 Å². The highest BCUT2D eigenvalue weighted by Gasteiger charge is 2.32. The number of furan rings is 1. The van der Waals surface area contributed by atoms with Crippen molar-refractivity contribution in [2.45, 2.75) is 0 Å². The Kier molecular flexibility index (Phi) is 3.89. The zero-order valence-corrected chi connectivity index (χ0v) is 14.5. The molecule has 1 N–H and O–H groups in total. The third-order valence-electron chi connectivity index (χ3n) is 4.21. The fourth-order valence-corrected chi connectivity index (χ4v) is 3.24. The first-order chi connectivity index (χ1) is 12.6. The highest BCUT2D eigenvalue weighted by molar-refractivity contribution is 7.80. The van der Waals surface area contributed by atoms with Crippen LogP contribution in [0.3, 0.4) is 0 Å². The van der Waals surface area contributed by atoms with E-state index in [1.807, 2.05) is 42.5 Å². The zero-order chi connectivity index (χ0) is 18.3. The number of carbonyl (C=O) groups is 2. The number of nitrogens with zero attached hydrogens (tertiary/aromatic N) is 1. The molecule has 1 aromatic heterocycles. The average molecular weight is 362 g/mol. The van der Waals surface area contributed by atoms with Gasteiger partial charge in [-0.05, 0) is 42.1 Å². The second-order valence-corrected chi connectivity index (χ2v) is 6.26. The Hall–Kier alpha value is -3.25. The SMILES string of the molecule is C=CCN1C(=O)C(=Cc2ccc3oc4ccccc4c3c2)C(=O)NC1=S. The van der Waals surface area contributed by atoms with E-state index in [1.165, 1.54) is 4.90 Å². The molecule has 0 unspecified atom stereocenters. The standard InChI is InChI=1S/C20H14N2O3S/c1-2-9-22-19(24)15(18(23)21-20(22)26)11-12-7-8-17-14(10-12)13-5-3-4-6-16(13)25-17/h2-8,10-11H,1,9H2,(H,21,23,26). The van der Waals surface area contributed by atoms with Crippen LogP contribution in [-0.2, 0) is 9.59 Å². The van der Waals surface area contributed by atoms with E-state index >= 15 is 0 Å². The maximum Gasteiger partial charge on any atom is 0.265 e. The molecule has 0 atom stereocenters. The molecular formula is C20H14N2O3S. The van der Waals surface area contributed by atoms with Crippen LogP contribution >= 0.6 is 12.2 Å². The molecule has 26 heavy (non-hydrogen) atoms. The van der Waals surface area contributed by atoms with Gasteiger partial charge in [-0.2, -0.15) is 0 Å². The minimum atomic E-state index is -0.502. The van der Waals surface area contributed by atoms with Gasteiger partial charge in [-0.25, -0.2) is 0 Å². The normalized spacial score (nSPS) is 16.5. The summed E-state index contributed by atoms with van der Waals surface area (Å²) in [4.78, 5) is 26.2. The number of thiocarbonyl (C=S) groups is 1. The van der Waals surface area contributed by atoms with E-state index in [2.05, 4.69) is 11.9 Å². The predicted molar refractivity (Wildman–Crippen MR) is 104 cm³/mol. The number of amides is 2. The topological polar surface area (TPSA) is 62.6 Å². The lowest BCUT2D eigenvalue weighted by Gasteiger charge is -2.27. The van der Waals surface area contributed by atoms with Crippen molar-refractivity contribution >= 4 is 57.2 Å². The Bertz CT molecular complexity index is 1130. The molecule has 1 aliphatic rings. The Morgan fingerprint density at radius 2 is 1.88 bits per heavy atom. The predicted octanol–water partition coefficient (Wildman–Crippen LogP) is 3.40. The van der Waals surface area contributed by atoms with Crippen LogP contribution in [0.4, 0.5) is 0 Å². The van der Waals surface area contributed by atoms with E-state index in [9.17, 15) is 9.59 Å². The van der Waals surface area contributed by atoms with Gasteiger partial charge in [0.15, 0.2) is 5.11 Å². The molecule has 1 saturated heterocycles. The summed E-state index contributed by atoms with van der Waals surface area (Å²) in [5.74, 6) is -0.937. The monoisotopic (exact) mass is 362 g/mol. The zero-order valence-electron chi connectivity index (χ0n) is 13.7. The minimum absolute atomic E-state index is 0.0348. The Morgan fingerprint density at radius 3 is 2.69 bits per heavy atom. The molecule has 5 nitrogen and oxygen atoms in total. The van der Waals surface area contributed by atoms with E-state index in [1.54, 1.807) is 12.2 Å². The van der Waals surface area contributed by atoms with E-state index in [0.717, 1.165) is 27.5 Å². The van der Waals surface area contributed by atoms with Crippen LogP contribution in [0, 0.1) is 0 Å². The molecule has 0 spiro atoms. The van der Waals surface area contributed by atoms with Gasteiger partial charge in [-0.3, -0.25) is 19.8 Å². The molecular weight excluding hydrogens is 348 g/mol. The van der Waals surface area contributed by atoms with Crippen LogP contribution in [0.25, 0.3) is 28.0 Å². The van der Waals surface area contributed by atoms with Crippen LogP contribution < -0.4 is 5.32 Å². The lowest BCUT2D eigenvalue weighted by atomic mass is 10.0. The lowest BCUT2D eigenvalue weighted by Crippen LogP contribution is -2.53. The molecule has 2 amide bonds. The van der Waals surface area contributed by atoms with Crippen molar-refractivity contribution in [1.29, 1.82) is 0 Å². The fraction of sp³-hybridized carbons (Fsp3) is 0.0500. The first-order valence-corrected chi connectivity index (χ1v) is 8.40. The van der Waals surface area contributed by atoms with Crippen molar-refractivity contribution in [1.82, 2.24) is 10.2 Å². The van der Waals surface area contributed by atoms with Crippen molar-refractivity contribution in [3.8, 4) is 0 Å². The lowest BCUT2D eigenvalue weighted by molar-refractivity contribution is -0.128. The largest absolute Gasteiger partial charge is 0.456 e. The Balaban J connectivity index is 1.80. The summed E-state index contributed by atoms with van der Waals surface area (Å²) in [6.45, 7) is 3.85. The number of hydrogen-bond acceptors (Lipinski definition) is 4.